The van der Waals surface area contributed by atoms with E-state index >= 15 is 0 Å². The first-order valence-corrected chi connectivity index (χ1v) is 10.6. The second kappa shape index (κ2) is 9.36. The molecule has 3 aromatic rings. The standard InChI is InChI=1S/C23H27N3O3S/c1-14-10-15(2)19(16(3)11-14)13-22(28)25-23-26(8-9-29-5)20-7-6-18(24-17(4)27)12-21(20)30-23/h6-7,10-12H,8-9,13H2,1-5H3,(H,24,27). The maximum atomic E-state index is 12.8. The van der Waals surface area contributed by atoms with E-state index in [4.69, 9.17) is 4.74 Å². The van der Waals surface area contributed by atoms with E-state index in [0.717, 1.165) is 32.6 Å². The van der Waals surface area contributed by atoms with Crippen molar-refractivity contribution in [2.45, 2.75) is 40.7 Å². The Morgan fingerprint density at radius 3 is 2.47 bits per heavy atom. The van der Waals surface area contributed by atoms with Crippen LogP contribution in [0.4, 0.5) is 5.69 Å². The topological polar surface area (TPSA) is 72.7 Å². The molecule has 0 saturated carbocycles. The number of thiazole rings is 1. The highest BCUT2D eigenvalue weighted by molar-refractivity contribution is 7.16. The zero-order valence-corrected chi connectivity index (χ0v) is 18.9. The van der Waals surface area contributed by atoms with Crippen molar-refractivity contribution in [3.8, 4) is 0 Å². The van der Waals surface area contributed by atoms with Gasteiger partial charge in [-0.2, -0.15) is 4.99 Å². The van der Waals surface area contributed by atoms with Gasteiger partial charge < -0.3 is 14.6 Å². The first-order valence-electron chi connectivity index (χ1n) is 9.82. The normalized spacial score (nSPS) is 11.8. The summed E-state index contributed by atoms with van der Waals surface area (Å²) >= 11 is 1.43. The Balaban J connectivity index is 2.01. The van der Waals surface area contributed by atoms with E-state index in [0.29, 0.717) is 18.0 Å². The number of benzene rings is 2. The van der Waals surface area contributed by atoms with E-state index in [-0.39, 0.29) is 18.2 Å². The van der Waals surface area contributed by atoms with Crippen molar-refractivity contribution in [2.24, 2.45) is 4.99 Å². The molecule has 0 spiro atoms. The second-order valence-electron chi connectivity index (χ2n) is 7.45. The molecule has 1 aromatic heterocycles. The predicted octanol–water partition coefficient (Wildman–Crippen LogP) is 3.90. The molecule has 7 heteroatoms. The average Bonchev–Trinajstić information content (AvgIpc) is 2.98. The summed E-state index contributed by atoms with van der Waals surface area (Å²) in [5.41, 5.74) is 6.13. The van der Waals surface area contributed by atoms with Gasteiger partial charge in [0.2, 0.25) is 5.91 Å². The Hall–Kier alpha value is -2.77. The first-order chi connectivity index (χ1) is 14.3. The molecule has 3 rings (SSSR count). The summed E-state index contributed by atoms with van der Waals surface area (Å²) in [6.45, 7) is 8.70. The molecule has 0 bridgehead atoms. The number of nitrogens with one attached hydrogen (secondary N) is 1. The van der Waals surface area contributed by atoms with Crippen molar-refractivity contribution in [3.63, 3.8) is 0 Å². The maximum Gasteiger partial charge on any atom is 0.252 e. The van der Waals surface area contributed by atoms with Gasteiger partial charge in [-0.15, -0.1) is 0 Å². The third-order valence-corrected chi connectivity index (χ3v) is 5.95. The number of aromatic nitrogens is 1. The molecule has 2 amide bonds. The largest absolute Gasteiger partial charge is 0.383 e. The Bertz CT molecular complexity index is 1150. The number of amides is 2. The molecule has 0 atom stereocenters. The number of methoxy groups -OCH3 is 1. The smallest absolute Gasteiger partial charge is 0.252 e. The summed E-state index contributed by atoms with van der Waals surface area (Å²) in [6, 6.07) is 9.88. The average molecular weight is 426 g/mol. The van der Waals surface area contributed by atoms with Gasteiger partial charge in [0, 0.05) is 26.3 Å². The molecule has 158 valence electrons. The number of hydrogen-bond acceptors (Lipinski definition) is 4. The lowest BCUT2D eigenvalue weighted by molar-refractivity contribution is -0.117. The van der Waals surface area contributed by atoms with Gasteiger partial charge in [-0.05, 0) is 55.7 Å². The minimum atomic E-state index is -0.176. The van der Waals surface area contributed by atoms with Crippen molar-refractivity contribution in [1.82, 2.24) is 4.57 Å². The molecule has 0 aliphatic rings. The van der Waals surface area contributed by atoms with Gasteiger partial charge >= 0.3 is 0 Å². The molecule has 6 nitrogen and oxygen atoms in total. The van der Waals surface area contributed by atoms with Crippen LogP contribution >= 0.6 is 11.3 Å². The van der Waals surface area contributed by atoms with Crippen LogP contribution in [0.3, 0.4) is 0 Å². The molecule has 0 unspecified atom stereocenters. The van der Waals surface area contributed by atoms with E-state index in [1.54, 1.807) is 7.11 Å². The molecule has 0 fully saturated rings. The van der Waals surface area contributed by atoms with Crippen LogP contribution in [-0.2, 0) is 27.3 Å². The predicted molar refractivity (Wildman–Crippen MR) is 121 cm³/mol. The SMILES string of the molecule is COCCn1c(=NC(=O)Cc2c(C)cc(C)cc2C)sc2cc(NC(C)=O)ccc21. The summed E-state index contributed by atoms with van der Waals surface area (Å²) in [4.78, 5) is 29.3. The fourth-order valence-corrected chi connectivity index (χ4v) is 4.74. The second-order valence-corrected chi connectivity index (χ2v) is 8.46. The van der Waals surface area contributed by atoms with Gasteiger partial charge in [-0.25, -0.2) is 0 Å². The van der Waals surface area contributed by atoms with Crippen LogP contribution in [0.1, 0.15) is 29.2 Å². The quantitative estimate of drug-likeness (QED) is 0.651. The van der Waals surface area contributed by atoms with Crippen molar-refractivity contribution >= 4 is 39.1 Å². The summed E-state index contributed by atoms with van der Waals surface area (Å²) in [6.07, 6.45) is 0.271. The summed E-state index contributed by atoms with van der Waals surface area (Å²) in [5, 5.41) is 2.80. The van der Waals surface area contributed by atoms with Crippen molar-refractivity contribution in [2.75, 3.05) is 19.0 Å². The zero-order chi connectivity index (χ0) is 21.8. The molecule has 2 aromatic carbocycles. The van der Waals surface area contributed by atoms with Crippen LogP contribution in [-0.4, -0.2) is 30.1 Å². The van der Waals surface area contributed by atoms with Gasteiger partial charge in [-0.3, -0.25) is 9.59 Å². The number of rotatable bonds is 6. The maximum absolute atomic E-state index is 12.8. The highest BCUT2D eigenvalue weighted by Crippen LogP contribution is 2.22. The van der Waals surface area contributed by atoms with Crippen LogP contribution in [0.5, 0.6) is 0 Å². The van der Waals surface area contributed by atoms with Crippen LogP contribution in [0.2, 0.25) is 0 Å². The summed E-state index contributed by atoms with van der Waals surface area (Å²) in [7, 11) is 1.65. The van der Waals surface area contributed by atoms with E-state index in [2.05, 4.69) is 29.4 Å². The van der Waals surface area contributed by atoms with E-state index < -0.39 is 0 Å². The van der Waals surface area contributed by atoms with Gasteiger partial charge in [0.05, 0.1) is 23.2 Å². The molecular weight excluding hydrogens is 398 g/mol. The highest BCUT2D eigenvalue weighted by atomic mass is 32.1. The van der Waals surface area contributed by atoms with E-state index in [1.807, 2.05) is 36.6 Å². The molecule has 0 aliphatic heterocycles. The number of hydrogen-bond donors (Lipinski definition) is 1. The molecule has 0 saturated heterocycles. The fourth-order valence-electron chi connectivity index (χ4n) is 3.62. The molecule has 1 N–H and O–H groups in total. The molecule has 0 aliphatic carbocycles. The third kappa shape index (κ3) is 5.04. The van der Waals surface area contributed by atoms with Gasteiger partial charge in [0.1, 0.15) is 0 Å². The van der Waals surface area contributed by atoms with Gasteiger partial charge in [0.15, 0.2) is 4.80 Å². The monoisotopic (exact) mass is 425 g/mol. The van der Waals surface area contributed by atoms with Crippen LogP contribution < -0.4 is 10.1 Å². The van der Waals surface area contributed by atoms with Gasteiger partial charge in [0.25, 0.3) is 5.91 Å². The fraction of sp³-hybridized carbons (Fsp3) is 0.348. The highest BCUT2D eigenvalue weighted by Gasteiger charge is 2.12. The number of ether oxygens (including phenoxy) is 1. The minimum Gasteiger partial charge on any atom is -0.383 e. The first kappa shape index (κ1) is 21.9. The third-order valence-electron chi connectivity index (χ3n) is 4.91. The zero-order valence-electron chi connectivity index (χ0n) is 18.0. The van der Waals surface area contributed by atoms with Crippen LogP contribution in [0.15, 0.2) is 35.3 Å². The van der Waals surface area contributed by atoms with Crippen molar-refractivity contribution in [1.29, 1.82) is 0 Å². The van der Waals surface area contributed by atoms with Crippen LogP contribution in [0, 0.1) is 20.8 Å². The van der Waals surface area contributed by atoms with E-state index in [1.165, 1.54) is 23.8 Å². The number of nitrogens with zero attached hydrogens (tertiary/aromatic N) is 2. The number of fused-ring (bicyclic) bond motifs is 1. The van der Waals surface area contributed by atoms with Crippen molar-refractivity contribution < 1.29 is 14.3 Å². The van der Waals surface area contributed by atoms with E-state index in [9.17, 15) is 9.59 Å². The van der Waals surface area contributed by atoms with Gasteiger partial charge in [-0.1, -0.05) is 29.0 Å². The lowest BCUT2D eigenvalue weighted by Crippen LogP contribution is -2.20. The van der Waals surface area contributed by atoms with Crippen LogP contribution in [0.25, 0.3) is 10.2 Å². The molecular formula is C23H27N3O3S. The Labute approximate surface area is 180 Å². The Morgan fingerprint density at radius 1 is 1.13 bits per heavy atom. The Morgan fingerprint density at radius 2 is 1.83 bits per heavy atom. The number of aryl methyl sites for hydroxylation is 3. The molecule has 1 heterocycles. The lowest BCUT2D eigenvalue weighted by atomic mass is 9.97. The Kier molecular flexibility index (Phi) is 6.84. The molecule has 30 heavy (non-hydrogen) atoms. The number of anilines is 1. The lowest BCUT2D eigenvalue weighted by Gasteiger charge is -2.09. The molecule has 0 radical (unpaired) electrons. The van der Waals surface area contributed by atoms with Crippen molar-refractivity contribution in [3.05, 3.63) is 57.4 Å². The number of carbonyl (C=O) groups excluding carboxylic acids is 2. The number of carbonyl (C=O) groups is 2. The summed E-state index contributed by atoms with van der Waals surface area (Å²) < 4.78 is 8.18. The minimum absolute atomic E-state index is 0.123. The summed E-state index contributed by atoms with van der Waals surface area (Å²) in [5.74, 6) is -0.299.